The molecular weight excluding hydrogens is 502 g/mol. The van der Waals surface area contributed by atoms with Gasteiger partial charge in [-0.15, -0.1) is 19.6 Å². The van der Waals surface area contributed by atoms with Crippen LogP contribution in [0.3, 0.4) is 0 Å². The third-order valence-electron chi connectivity index (χ3n) is 2.64. The molecule has 0 amide bonds. The van der Waals surface area contributed by atoms with Crippen LogP contribution < -0.4 is 0 Å². The molecule has 21 heavy (non-hydrogen) atoms. The standard InChI is InChI=1S/C6H10NO2.C6H6NO2.2ClH.Pt/c2*8-6(9)5-1-3-7-4-2-5;;;/h5H,1-4H2,(H,8,9);1-3H,4H2,(H,8,9);2*1H;/q2*-1;;;+4/p-2. The van der Waals surface area contributed by atoms with Crippen LogP contribution in [0.15, 0.2) is 23.9 Å². The third-order valence-corrected chi connectivity index (χ3v) is 2.64. The van der Waals surface area contributed by atoms with Gasteiger partial charge in [-0.05, 0) is 0 Å². The Morgan fingerprint density at radius 1 is 1.24 bits per heavy atom. The van der Waals surface area contributed by atoms with Crippen molar-refractivity contribution in [1.82, 2.24) is 0 Å². The van der Waals surface area contributed by atoms with Crippen molar-refractivity contribution in [1.29, 1.82) is 0 Å². The quantitative estimate of drug-likeness (QED) is 0.587. The Balaban J connectivity index is 0.000000322. The van der Waals surface area contributed by atoms with E-state index in [2.05, 4.69) is 10.6 Å². The van der Waals surface area contributed by atoms with E-state index in [1.165, 1.54) is 12.3 Å². The molecule has 2 rings (SSSR count). The summed E-state index contributed by atoms with van der Waals surface area (Å²) in [5.74, 6) is -1.67. The Labute approximate surface area is 140 Å². The summed E-state index contributed by atoms with van der Waals surface area (Å²) >= 11 is -0.472. The van der Waals surface area contributed by atoms with Crippen LogP contribution in [-0.4, -0.2) is 41.8 Å². The Bertz CT molecular complexity index is 385. The average Bonchev–Trinajstić information content (AvgIpc) is 2.50. The normalized spacial score (nSPS) is 17.3. The summed E-state index contributed by atoms with van der Waals surface area (Å²) in [7, 11) is 9.75. The van der Waals surface area contributed by atoms with Gasteiger partial charge in [-0.3, -0.25) is 4.79 Å². The summed E-state index contributed by atoms with van der Waals surface area (Å²) in [5, 5.41) is 24.7. The summed E-state index contributed by atoms with van der Waals surface area (Å²) < 4.78 is 0. The summed E-state index contributed by atoms with van der Waals surface area (Å²) in [6.07, 6.45) is 6.02. The van der Waals surface area contributed by atoms with Crippen molar-refractivity contribution in [2.24, 2.45) is 5.92 Å². The summed E-state index contributed by atoms with van der Waals surface area (Å²) in [6.45, 7) is 1.95. The molecule has 9 heteroatoms. The molecule has 1 saturated heterocycles. The molecule has 1 fully saturated rings. The van der Waals surface area contributed by atoms with E-state index >= 15 is 0 Å². The van der Waals surface area contributed by atoms with E-state index in [9.17, 15) is 9.59 Å². The van der Waals surface area contributed by atoms with Crippen LogP contribution >= 0.6 is 18.8 Å². The molecule has 0 bridgehead atoms. The first-order chi connectivity index (χ1) is 10.0. The van der Waals surface area contributed by atoms with Crippen molar-refractivity contribution in [2.75, 3.05) is 19.6 Å². The van der Waals surface area contributed by atoms with Gasteiger partial charge in [-0.25, -0.2) is 4.79 Å². The van der Waals surface area contributed by atoms with Gasteiger partial charge < -0.3 is 20.8 Å². The van der Waals surface area contributed by atoms with Gasteiger partial charge in [0.25, 0.3) is 0 Å². The number of rotatable bonds is 2. The molecular formula is C12H16Cl2N2O4Pt. The number of carboxylic acids is 2. The van der Waals surface area contributed by atoms with Crippen LogP contribution in [0.25, 0.3) is 10.6 Å². The van der Waals surface area contributed by atoms with Crippen molar-refractivity contribution in [3.63, 3.8) is 0 Å². The topological polar surface area (TPSA) is 103 Å². The van der Waals surface area contributed by atoms with E-state index in [1.54, 1.807) is 6.08 Å². The number of piperidine rings is 1. The first-order valence-corrected chi connectivity index (χ1v) is 11.6. The van der Waals surface area contributed by atoms with E-state index in [0.29, 0.717) is 12.1 Å². The third kappa shape index (κ3) is 10.8. The van der Waals surface area contributed by atoms with Gasteiger partial charge in [0, 0.05) is 0 Å². The Kier molecular flexibility index (Phi) is 12.8. The number of nitrogens with zero attached hydrogens (tertiary/aromatic N) is 2. The molecule has 0 unspecified atom stereocenters. The van der Waals surface area contributed by atoms with E-state index in [0.717, 1.165) is 25.9 Å². The number of carbonyl (C=O) groups is 2. The van der Waals surface area contributed by atoms with E-state index < -0.39 is 28.4 Å². The molecule has 0 aromatic carbocycles. The number of hydrogen-bond acceptors (Lipinski definition) is 2. The first kappa shape index (κ1) is 20.4. The van der Waals surface area contributed by atoms with Gasteiger partial charge in [0.05, 0.1) is 11.5 Å². The molecule has 0 aromatic heterocycles. The van der Waals surface area contributed by atoms with E-state index in [-0.39, 0.29) is 5.92 Å². The number of halogens is 2. The first-order valence-electron chi connectivity index (χ1n) is 5.98. The second-order valence-electron chi connectivity index (χ2n) is 3.97. The van der Waals surface area contributed by atoms with Gasteiger partial charge in [0.15, 0.2) is 0 Å². The SMILES string of the molecule is O=C(O)C1=CC[N-]C=C1.O=C(O)C1CC[N-]CC1.[Cl][Pt+2][Cl]. The Hall–Kier alpha value is -0.552. The minimum absolute atomic E-state index is 0.123. The maximum absolute atomic E-state index is 10.3. The van der Waals surface area contributed by atoms with Crippen molar-refractivity contribution in [3.8, 4) is 0 Å². The molecule has 2 aliphatic heterocycles. The fourth-order valence-electron chi connectivity index (χ4n) is 1.57. The van der Waals surface area contributed by atoms with Gasteiger partial charge in [-0.2, -0.15) is 6.20 Å². The molecule has 2 aliphatic rings. The van der Waals surface area contributed by atoms with E-state index in [4.69, 9.17) is 29.0 Å². The molecule has 2 N–H and O–H groups in total. The number of hydrogen-bond donors (Lipinski definition) is 2. The fraction of sp³-hybridized carbons (Fsp3) is 0.500. The minimum atomic E-state index is -0.888. The van der Waals surface area contributed by atoms with Gasteiger partial charge >= 0.3 is 47.3 Å². The molecule has 2 heterocycles. The summed E-state index contributed by atoms with van der Waals surface area (Å²) in [5.41, 5.74) is 0.324. The molecule has 0 aliphatic carbocycles. The molecule has 0 radical (unpaired) electrons. The number of carboxylic acid groups (broad SMARTS) is 2. The van der Waals surface area contributed by atoms with Crippen molar-refractivity contribution >= 4 is 30.8 Å². The van der Waals surface area contributed by atoms with Crippen LogP contribution in [0.5, 0.6) is 0 Å². The average molecular weight is 518 g/mol. The van der Waals surface area contributed by atoms with Crippen molar-refractivity contribution in [2.45, 2.75) is 12.8 Å². The van der Waals surface area contributed by atoms with Crippen molar-refractivity contribution < 1.29 is 36.3 Å². The number of aliphatic carboxylic acids is 2. The molecule has 0 atom stereocenters. The molecule has 0 aromatic rings. The van der Waals surface area contributed by atoms with Crippen molar-refractivity contribution in [3.05, 3.63) is 34.6 Å². The fourth-order valence-corrected chi connectivity index (χ4v) is 1.57. The van der Waals surface area contributed by atoms with Gasteiger partial charge in [-0.1, -0.05) is 25.0 Å². The van der Waals surface area contributed by atoms with Crippen LogP contribution in [0, 0.1) is 5.92 Å². The Morgan fingerprint density at radius 3 is 2.10 bits per heavy atom. The predicted octanol–water partition coefficient (Wildman–Crippen LogP) is 3.13. The molecule has 0 saturated carbocycles. The second-order valence-corrected chi connectivity index (χ2v) is 7.26. The summed E-state index contributed by atoms with van der Waals surface area (Å²) in [6, 6.07) is 0. The zero-order valence-corrected chi connectivity index (χ0v) is 14.8. The molecule has 122 valence electrons. The van der Waals surface area contributed by atoms with Crippen LogP contribution in [0.2, 0.25) is 0 Å². The summed E-state index contributed by atoms with van der Waals surface area (Å²) in [4.78, 5) is 20.5. The zero-order valence-electron chi connectivity index (χ0n) is 11.0. The molecule has 6 nitrogen and oxygen atoms in total. The maximum atomic E-state index is 10.3. The Morgan fingerprint density at radius 2 is 1.81 bits per heavy atom. The van der Waals surface area contributed by atoms with Crippen LogP contribution in [0.4, 0.5) is 0 Å². The van der Waals surface area contributed by atoms with Gasteiger partial charge in [0.2, 0.25) is 0 Å². The van der Waals surface area contributed by atoms with Crippen LogP contribution in [-0.2, 0) is 26.1 Å². The monoisotopic (exact) mass is 517 g/mol. The second kappa shape index (κ2) is 13.1. The van der Waals surface area contributed by atoms with Crippen LogP contribution in [0.1, 0.15) is 12.8 Å². The zero-order chi connectivity index (χ0) is 16.1. The molecule has 0 spiro atoms. The van der Waals surface area contributed by atoms with E-state index in [1.807, 2.05) is 0 Å². The predicted molar refractivity (Wildman–Crippen MR) is 78.2 cm³/mol. The van der Waals surface area contributed by atoms with Gasteiger partial charge in [0.1, 0.15) is 0 Å².